The van der Waals surface area contributed by atoms with Crippen molar-refractivity contribution in [1.82, 2.24) is 5.32 Å². The largest absolute Gasteiger partial charge is 0.348 e. The van der Waals surface area contributed by atoms with Gasteiger partial charge in [0.05, 0.1) is 12.6 Å². The second-order valence-corrected chi connectivity index (χ2v) is 1.73. The topological polar surface area (TPSA) is 79.0 Å². The zero-order valence-electron chi connectivity index (χ0n) is 5.35. The molecule has 1 amide bonds. The molecule has 0 bridgehead atoms. The van der Waals surface area contributed by atoms with Gasteiger partial charge in [0.1, 0.15) is 0 Å². The summed E-state index contributed by atoms with van der Waals surface area (Å²) >= 11 is 0. The molecule has 0 aromatic carbocycles. The Kier molecular flexibility index (Phi) is 3.62. The summed E-state index contributed by atoms with van der Waals surface area (Å²) in [6.45, 7) is 1.69. The first-order valence-corrected chi connectivity index (χ1v) is 2.70. The molecule has 0 rings (SSSR count). The molecule has 0 saturated heterocycles. The molecule has 0 aliphatic carbocycles. The number of carbonyl (C=O) groups excluding carboxylic acids is 1. The van der Waals surface area contributed by atoms with E-state index in [1.165, 1.54) is 0 Å². The van der Waals surface area contributed by atoms with Crippen LogP contribution in [0, 0.1) is 5.41 Å². The number of amides is 1. The molecule has 0 aliphatic heterocycles. The highest BCUT2D eigenvalue weighted by Gasteiger charge is 1.99. The van der Waals surface area contributed by atoms with Gasteiger partial charge in [-0.15, -0.1) is 0 Å². The van der Waals surface area contributed by atoms with Gasteiger partial charge in [-0.3, -0.25) is 4.79 Å². The standard InChI is InChI=1S/C5H11N3O/c1-4(2-6)8-5(9)3-7/h2,4,6H,3,7H2,1H3,(H,8,9). The molecule has 4 nitrogen and oxygen atoms in total. The first-order chi connectivity index (χ1) is 4.20. The van der Waals surface area contributed by atoms with Crippen molar-refractivity contribution in [2.45, 2.75) is 13.0 Å². The van der Waals surface area contributed by atoms with E-state index in [0.717, 1.165) is 6.21 Å². The van der Waals surface area contributed by atoms with Crippen LogP contribution in [-0.4, -0.2) is 24.7 Å². The number of hydrogen-bond acceptors (Lipinski definition) is 3. The van der Waals surface area contributed by atoms with Gasteiger partial charge in [0.2, 0.25) is 5.91 Å². The van der Waals surface area contributed by atoms with Crippen LogP contribution >= 0.6 is 0 Å². The van der Waals surface area contributed by atoms with Crippen LogP contribution in [0.2, 0.25) is 0 Å². The molecule has 1 unspecified atom stereocenters. The van der Waals surface area contributed by atoms with E-state index >= 15 is 0 Å². The molecule has 0 aromatic heterocycles. The molecular weight excluding hydrogens is 118 g/mol. The van der Waals surface area contributed by atoms with E-state index in [9.17, 15) is 4.79 Å². The maximum Gasteiger partial charge on any atom is 0.234 e. The van der Waals surface area contributed by atoms with Crippen molar-refractivity contribution in [2.75, 3.05) is 6.54 Å². The Bertz CT molecular complexity index is 113. The minimum absolute atomic E-state index is 0.0157. The highest BCUT2D eigenvalue weighted by molar-refractivity contribution is 5.81. The van der Waals surface area contributed by atoms with Gasteiger partial charge >= 0.3 is 0 Å². The predicted octanol–water partition coefficient (Wildman–Crippen LogP) is -0.901. The van der Waals surface area contributed by atoms with Crippen molar-refractivity contribution in [3.63, 3.8) is 0 Å². The van der Waals surface area contributed by atoms with Gasteiger partial charge in [-0.1, -0.05) is 0 Å². The zero-order valence-corrected chi connectivity index (χ0v) is 5.35. The van der Waals surface area contributed by atoms with Gasteiger partial charge in [-0.2, -0.15) is 0 Å². The van der Waals surface area contributed by atoms with Crippen molar-refractivity contribution in [3.8, 4) is 0 Å². The van der Waals surface area contributed by atoms with E-state index in [4.69, 9.17) is 11.1 Å². The number of nitrogens with one attached hydrogen (secondary N) is 2. The normalized spacial score (nSPS) is 12.2. The van der Waals surface area contributed by atoms with Crippen LogP contribution in [-0.2, 0) is 4.79 Å². The third-order valence-electron chi connectivity index (χ3n) is 0.824. The summed E-state index contributed by atoms with van der Waals surface area (Å²) in [5, 5.41) is 9.17. The van der Waals surface area contributed by atoms with Crippen molar-refractivity contribution < 1.29 is 4.79 Å². The van der Waals surface area contributed by atoms with Crippen molar-refractivity contribution in [3.05, 3.63) is 0 Å². The van der Waals surface area contributed by atoms with Crippen LogP contribution in [0.3, 0.4) is 0 Å². The Morgan fingerprint density at radius 3 is 2.89 bits per heavy atom. The van der Waals surface area contributed by atoms with Crippen molar-refractivity contribution in [1.29, 1.82) is 5.41 Å². The molecule has 52 valence electrons. The molecule has 1 atom stereocenters. The van der Waals surface area contributed by atoms with E-state index in [-0.39, 0.29) is 18.5 Å². The third-order valence-corrected chi connectivity index (χ3v) is 0.824. The fraction of sp³-hybridized carbons (Fsp3) is 0.600. The molecule has 0 aromatic rings. The molecule has 4 heteroatoms. The van der Waals surface area contributed by atoms with Crippen LogP contribution in [0.4, 0.5) is 0 Å². The quantitative estimate of drug-likeness (QED) is 0.432. The Morgan fingerprint density at radius 1 is 2.00 bits per heavy atom. The van der Waals surface area contributed by atoms with Crippen LogP contribution in [0.1, 0.15) is 6.92 Å². The number of hydrogen-bond donors (Lipinski definition) is 3. The van der Waals surface area contributed by atoms with Gasteiger partial charge in [-0.25, -0.2) is 0 Å². The van der Waals surface area contributed by atoms with Crippen LogP contribution in [0.15, 0.2) is 0 Å². The zero-order chi connectivity index (χ0) is 7.28. The lowest BCUT2D eigenvalue weighted by molar-refractivity contribution is -0.119. The fourth-order valence-electron chi connectivity index (χ4n) is 0.355. The molecule has 0 fully saturated rings. The average molecular weight is 129 g/mol. The van der Waals surface area contributed by atoms with Gasteiger partial charge in [-0.05, 0) is 6.92 Å². The maximum absolute atomic E-state index is 10.4. The molecule has 0 heterocycles. The minimum Gasteiger partial charge on any atom is -0.348 e. The Balaban J connectivity index is 3.46. The first-order valence-electron chi connectivity index (χ1n) is 2.70. The van der Waals surface area contributed by atoms with E-state index in [0.29, 0.717) is 0 Å². The third kappa shape index (κ3) is 3.66. The SMILES string of the molecule is CC(C=N)NC(=O)CN. The molecule has 9 heavy (non-hydrogen) atoms. The molecule has 0 saturated carbocycles. The summed E-state index contributed by atoms with van der Waals surface area (Å²) in [5.41, 5.74) is 4.99. The summed E-state index contributed by atoms with van der Waals surface area (Å²) in [6, 6.07) is -0.207. The average Bonchev–Trinajstić information content (AvgIpc) is 1.87. The van der Waals surface area contributed by atoms with Gasteiger partial charge < -0.3 is 16.5 Å². The molecule has 0 radical (unpaired) electrons. The van der Waals surface area contributed by atoms with Crippen molar-refractivity contribution in [2.24, 2.45) is 5.73 Å². The lowest BCUT2D eigenvalue weighted by Gasteiger charge is -2.04. The van der Waals surface area contributed by atoms with Crippen molar-refractivity contribution >= 4 is 12.1 Å². The van der Waals surface area contributed by atoms with E-state index < -0.39 is 0 Å². The molecular formula is C5H11N3O. The van der Waals surface area contributed by atoms with Crippen LogP contribution < -0.4 is 11.1 Å². The monoisotopic (exact) mass is 129 g/mol. The predicted molar refractivity (Wildman–Crippen MR) is 35.4 cm³/mol. The summed E-state index contributed by atoms with van der Waals surface area (Å²) in [6.07, 6.45) is 1.15. The van der Waals surface area contributed by atoms with Crippen LogP contribution in [0.25, 0.3) is 0 Å². The van der Waals surface area contributed by atoms with Crippen LogP contribution in [0.5, 0.6) is 0 Å². The highest BCUT2D eigenvalue weighted by Crippen LogP contribution is 1.71. The summed E-state index contributed by atoms with van der Waals surface area (Å²) < 4.78 is 0. The number of nitrogens with two attached hydrogens (primary N) is 1. The lowest BCUT2D eigenvalue weighted by Crippen LogP contribution is -2.37. The second kappa shape index (κ2) is 4.03. The van der Waals surface area contributed by atoms with Gasteiger partial charge in [0.15, 0.2) is 0 Å². The van der Waals surface area contributed by atoms with E-state index in [1.807, 2.05) is 0 Å². The smallest absolute Gasteiger partial charge is 0.234 e. The summed E-state index contributed by atoms with van der Waals surface area (Å²) in [4.78, 5) is 10.4. The maximum atomic E-state index is 10.4. The molecule has 0 aliphatic rings. The van der Waals surface area contributed by atoms with E-state index in [1.54, 1.807) is 6.92 Å². The Morgan fingerprint density at radius 2 is 2.56 bits per heavy atom. The molecule has 4 N–H and O–H groups in total. The molecule has 0 spiro atoms. The van der Waals surface area contributed by atoms with Gasteiger partial charge in [0.25, 0.3) is 0 Å². The highest BCUT2D eigenvalue weighted by atomic mass is 16.1. The Labute approximate surface area is 53.9 Å². The fourth-order valence-corrected chi connectivity index (χ4v) is 0.355. The summed E-state index contributed by atoms with van der Waals surface area (Å²) in [5.74, 6) is -0.231. The summed E-state index contributed by atoms with van der Waals surface area (Å²) in [7, 11) is 0. The Hall–Kier alpha value is -0.900. The minimum atomic E-state index is -0.231. The van der Waals surface area contributed by atoms with E-state index in [2.05, 4.69) is 5.32 Å². The van der Waals surface area contributed by atoms with Gasteiger partial charge in [0, 0.05) is 6.21 Å². The number of carbonyl (C=O) groups is 1. The lowest BCUT2D eigenvalue weighted by atomic mass is 10.4. The first kappa shape index (κ1) is 8.10. The second-order valence-electron chi connectivity index (χ2n) is 1.73. The number of rotatable bonds is 3.